The summed E-state index contributed by atoms with van der Waals surface area (Å²) in [7, 11) is 0. The number of hydrogen-bond acceptors (Lipinski definition) is 7. The summed E-state index contributed by atoms with van der Waals surface area (Å²) in [4.78, 5) is 37.5. The zero-order valence-electron chi connectivity index (χ0n) is 16.1. The highest BCUT2D eigenvalue weighted by atomic mass is 32.1. The number of carbonyl (C=O) groups is 3. The monoisotopic (exact) mass is 405 g/mol. The third kappa shape index (κ3) is 5.56. The van der Waals surface area contributed by atoms with Crippen LogP contribution in [0, 0.1) is 0 Å². The molecule has 8 heteroatoms. The summed E-state index contributed by atoms with van der Waals surface area (Å²) < 4.78 is 15.5. The number of esters is 2. The second kappa shape index (κ2) is 10.5. The summed E-state index contributed by atoms with van der Waals surface area (Å²) in [5.41, 5.74) is 0.541. The molecule has 7 nitrogen and oxygen atoms in total. The number of nitrogens with one attached hydrogen (secondary N) is 1. The van der Waals surface area contributed by atoms with Gasteiger partial charge >= 0.3 is 11.9 Å². The Hall–Kier alpha value is -2.87. The van der Waals surface area contributed by atoms with Gasteiger partial charge in [0, 0.05) is 4.88 Å². The van der Waals surface area contributed by atoms with Crippen molar-refractivity contribution in [3.8, 4) is 5.75 Å². The van der Waals surface area contributed by atoms with Crippen molar-refractivity contribution in [2.75, 3.05) is 25.1 Å². The molecule has 2 aromatic rings. The van der Waals surface area contributed by atoms with Gasteiger partial charge in [0.05, 0.1) is 18.8 Å². The Morgan fingerprint density at radius 3 is 2.36 bits per heavy atom. The number of ether oxygens (including phenoxy) is 3. The minimum Gasteiger partial charge on any atom is -0.493 e. The van der Waals surface area contributed by atoms with E-state index in [0.29, 0.717) is 22.9 Å². The Kier molecular flexibility index (Phi) is 8.01. The first-order valence-corrected chi connectivity index (χ1v) is 9.80. The molecule has 1 amide bonds. The maximum atomic E-state index is 12.3. The topological polar surface area (TPSA) is 90.9 Å². The summed E-state index contributed by atoms with van der Waals surface area (Å²) in [6, 6.07) is 8.35. The quantitative estimate of drug-likeness (QED) is 0.640. The van der Waals surface area contributed by atoms with E-state index in [1.165, 1.54) is 11.3 Å². The van der Waals surface area contributed by atoms with Gasteiger partial charge in [-0.1, -0.05) is 19.1 Å². The van der Waals surface area contributed by atoms with Gasteiger partial charge in [-0.2, -0.15) is 0 Å². The molecule has 1 N–H and O–H groups in total. The molecule has 150 valence electrons. The Bertz CT molecular complexity index is 845. The molecule has 0 radical (unpaired) electrons. The average Bonchev–Trinajstić information content (AvgIpc) is 3.10. The highest BCUT2D eigenvalue weighted by Crippen LogP contribution is 2.29. The van der Waals surface area contributed by atoms with Crippen LogP contribution in [-0.4, -0.2) is 37.7 Å². The number of aryl methyl sites for hydroxylation is 1. The van der Waals surface area contributed by atoms with Gasteiger partial charge in [-0.3, -0.25) is 4.79 Å². The molecule has 0 unspecified atom stereocenters. The Balaban J connectivity index is 2.02. The van der Waals surface area contributed by atoms with E-state index in [0.717, 1.165) is 11.3 Å². The molecule has 0 aliphatic rings. The first-order valence-electron chi connectivity index (χ1n) is 8.98. The summed E-state index contributed by atoms with van der Waals surface area (Å²) in [5, 5.41) is 3.00. The third-order valence-electron chi connectivity index (χ3n) is 3.62. The van der Waals surface area contributed by atoms with Gasteiger partial charge in [0.1, 0.15) is 16.3 Å². The Morgan fingerprint density at radius 1 is 0.964 bits per heavy atom. The zero-order valence-corrected chi connectivity index (χ0v) is 16.9. The van der Waals surface area contributed by atoms with Crippen LogP contribution in [0.1, 0.15) is 46.4 Å². The first kappa shape index (κ1) is 21.4. The number of rotatable bonds is 9. The van der Waals surface area contributed by atoms with Crippen molar-refractivity contribution in [1.82, 2.24) is 0 Å². The van der Waals surface area contributed by atoms with Gasteiger partial charge in [0.15, 0.2) is 6.61 Å². The molecule has 0 saturated carbocycles. The lowest BCUT2D eigenvalue weighted by molar-refractivity contribution is -0.119. The second-order valence-electron chi connectivity index (χ2n) is 5.58. The van der Waals surface area contributed by atoms with Crippen LogP contribution in [0.5, 0.6) is 5.75 Å². The van der Waals surface area contributed by atoms with E-state index < -0.39 is 24.5 Å². The summed E-state index contributed by atoms with van der Waals surface area (Å²) in [6.45, 7) is 5.62. The first-order chi connectivity index (χ1) is 13.5. The number of hydrogen-bond donors (Lipinski definition) is 1. The molecule has 0 atom stereocenters. The molecule has 0 spiro atoms. The Morgan fingerprint density at radius 2 is 1.68 bits per heavy atom. The van der Waals surface area contributed by atoms with E-state index in [1.807, 2.05) is 13.8 Å². The average molecular weight is 405 g/mol. The summed E-state index contributed by atoms with van der Waals surface area (Å²) >= 11 is 1.29. The van der Waals surface area contributed by atoms with Crippen LogP contribution in [0.15, 0.2) is 30.3 Å². The molecule has 0 aliphatic carbocycles. The van der Waals surface area contributed by atoms with E-state index in [-0.39, 0.29) is 12.2 Å². The molecule has 0 fully saturated rings. The number of benzene rings is 1. The van der Waals surface area contributed by atoms with Crippen LogP contribution >= 0.6 is 11.3 Å². The van der Waals surface area contributed by atoms with Crippen LogP contribution in [0.3, 0.4) is 0 Å². The van der Waals surface area contributed by atoms with Crippen LogP contribution in [0.25, 0.3) is 0 Å². The van der Waals surface area contributed by atoms with Gasteiger partial charge in [-0.15, -0.1) is 11.3 Å². The number of thiophene rings is 1. The van der Waals surface area contributed by atoms with Gasteiger partial charge in [-0.25, -0.2) is 9.59 Å². The van der Waals surface area contributed by atoms with Crippen molar-refractivity contribution in [1.29, 1.82) is 0 Å². The van der Waals surface area contributed by atoms with E-state index >= 15 is 0 Å². The number of para-hydroxylation sites is 1. The Labute approximate surface area is 167 Å². The molecular weight excluding hydrogens is 382 g/mol. The summed E-state index contributed by atoms with van der Waals surface area (Å²) in [5.74, 6) is -1.32. The SMILES string of the molecule is CCOC(=O)c1cc(CC)sc1NC(=O)COC(=O)c1ccccc1OCC. The third-order valence-corrected chi connectivity index (χ3v) is 4.82. The van der Waals surface area contributed by atoms with Crippen LogP contribution < -0.4 is 10.1 Å². The van der Waals surface area contributed by atoms with Crippen molar-refractivity contribution in [2.24, 2.45) is 0 Å². The fourth-order valence-corrected chi connectivity index (χ4v) is 3.36. The minimum atomic E-state index is -0.662. The van der Waals surface area contributed by atoms with Crippen molar-refractivity contribution < 1.29 is 28.6 Å². The standard InChI is InChI=1S/C20H23NO6S/c1-4-13-11-15(20(24)26-6-3)18(28-13)21-17(22)12-27-19(23)14-9-7-8-10-16(14)25-5-2/h7-11H,4-6,12H2,1-3H3,(H,21,22). The second-order valence-corrected chi connectivity index (χ2v) is 6.72. The highest BCUT2D eigenvalue weighted by molar-refractivity contribution is 7.16. The largest absolute Gasteiger partial charge is 0.493 e. The molecule has 2 rings (SSSR count). The predicted octanol–water partition coefficient (Wildman–Crippen LogP) is 3.68. The molecule has 0 aliphatic heterocycles. The van der Waals surface area contributed by atoms with Crippen LogP contribution in [-0.2, 0) is 20.7 Å². The lowest BCUT2D eigenvalue weighted by Crippen LogP contribution is -2.22. The fourth-order valence-electron chi connectivity index (χ4n) is 2.36. The lowest BCUT2D eigenvalue weighted by atomic mass is 10.2. The lowest BCUT2D eigenvalue weighted by Gasteiger charge is -2.10. The molecular formula is C20H23NO6S. The van der Waals surface area contributed by atoms with Crippen molar-refractivity contribution in [3.05, 3.63) is 46.3 Å². The summed E-state index contributed by atoms with van der Waals surface area (Å²) in [6.07, 6.45) is 0.718. The van der Waals surface area contributed by atoms with Crippen molar-refractivity contribution in [3.63, 3.8) is 0 Å². The van der Waals surface area contributed by atoms with E-state index in [4.69, 9.17) is 14.2 Å². The smallest absolute Gasteiger partial charge is 0.342 e. The maximum Gasteiger partial charge on any atom is 0.342 e. The van der Waals surface area contributed by atoms with Crippen LogP contribution in [0.2, 0.25) is 0 Å². The van der Waals surface area contributed by atoms with Gasteiger partial charge in [-0.05, 0) is 38.5 Å². The van der Waals surface area contributed by atoms with E-state index in [1.54, 1.807) is 37.3 Å². The van der Waals surface area contributed by atoms with Gasteiger partial charge < -0.3 is 19.5 Å². The number of carbonyl (C=O) groups excluding carboxylic acids is 3. The zero-order chi connectivity index (χ0) is 20.5. The number of anilines is 1. The minimum absolute atomic E-state index is 0.236. The number of amides is 1. The molecule has 1 aromatic heterocycles. The molecule has 0 bridgehead atoms. The highest BCUT2D eigenvalue weighted by Gasteiger charge is 2.20. The normalized spacial score (nSPS) is 10.2. The molecule has 28 heavy (non-hydrogen) atoms. The van der Waals surface area contributed by atoms with Crippen molar-refractivity contribution in [2.45, 2.75) is 27.2 Å². The van der Waals surface area contributed by atoms with E-state index in [2.05, 4.69) is 5.32 Å². The van der Waals surface area contributed by atoms with Crippen molar-refractivity contribution >= 4 is 34.2 Å². The molecule has 0 saturated heterocycles. The van der Waals surface area contributed by atoms with Gasteiger partial charge in [0.25, 0.3) is 5.91 Å². The fraction of sp³-hybridized carbons (Fsp3) is 0.350. The predicted molar refractivity (Wildman–Crippen MR) is 106 cm³/mol. The van der Waals surface area contributed by atoms with Crippen LogP contribution in [0.4, 0.5) is 5.00 Å². The maximum absolute atomic E-state index is 12.3. The molecule has 1 aromatic carbocycles. The molecule has 1 heterocycles. The van der Waals surface area contributed by atoms with E-state index in [9.17, 15) is 14.4 Å². The van der Waals surface area contributed by atoms with Gasteiger partial charge in [0.2, 0.25) is 0 Å².